The summed E-state index contributed by atoms with van der Waals surface area (Å²) in [5.74, 6) is 0. The first kappa shape index (κ1) is 15.1. The number of methoxy groups -OCH3 is 1. The summed E-state index contributed by atoms with van der Waals surface area (Å²) in [5.41, 5.74) is 0.485. The van der Waals surface area contributed by atoms with E-state index < -0.39 is 0 Å². The number of hydrogen-bond acceptors (Lipinski definition) is 6. The van der Waals surface area contributed by atoms with Crippen molar-refractivity contribution in [2.24, 2.45) is 0 Å². The number of halogens is 1. The van der Waals surface area contributed by atoms with Crippen LogP contribution in [0.3, 0.4) is 0 Å². The molecule has 0 atom stereocenters. The van der Waals surface area contributed by atoms with Gasteiger partial charge in [-0.3, -0.25) is 4.79 Å². The average molecular weight is 359 g/mol. The second-order valence-corrected chi connectivity index (χ2v) is 6.22. The van der Waals surface area contributed by atoms with Crippen molar-refractivity contribution in [2.75, 3.05) is 19.0 Å². The third kappa shape index (κ3) is 3.65. The molecule has 0 fully saturated rings. The van der Waals surface area contributed by atoms with Crippen LogP contribution >= 0.6 is 27.3 Å². The van der Waals surface area contributed by atoms with Gasteiger partial charge in [0.2, 0.25) is 0 Å². The molecular formula is C12H15BrN4O2S. The highest BCUT2D eigenvalue weighted by Crippen LogP contribution is 2.18. The predicted octanol–water partition coefficient (Wildman–Crippen LogP) is 2.03. The molecule has 0 unspecified atom stereocenters. The Labute approximate surface area is 128 Å². The molecule has 6 nitrogen and oxygen atoms in total. The van der Waals surface area contributed by atoms with E-state index in [0.29, 0.717) is 29.9 Å². The third-order valence-electron chi connectivity index (χ3n) is 2.59. The van der Waals surface area contributed by atoms with E-state index in [9.17, 15) is 4.79 Å². The van der Waals surface area contributed by atoms with E-state index in [2.05, 4.69) is 31.3 Å². The lowest BCUT2D eigenvalue weighted by Crippen LogP contribution is -2.26. The monoisotopic (exact) mass is 358 g/mol. The zero-order valence-electron chi connectivity index (χ0n) is 11.2. The van der Waals surface area contributed by atoms with Crippen LogP contribution < -0.4 is 10.9 Å². The van der Waals surface area contributed by atoms with Crippen LogP contribution in [-0.4, -0.2) is 28.5 Å². The van der Waals surface area contributed by atoms with Gasteiger partial charge in [-0.05, 0) is 22.9 Å². The molecule has 0 aromatic carbocycles. The normalized spacial score (nSPS) is 10.8. The average Bonchev–Trinajstić information content (AvgIpc) is 2.85. The minimum atomic E-state index is -0.178. The maximum atomic E-state index is 12.1. The Kier molecular flexibility index (Phi) is 5.27. The molecule has 0 bridgehead atoms. The lowest BCUT2D eigenvalue weighted by Gasteiger charge is -2.09. The molecule has 2 aromatic rings. The van der Waals surface area contributed by atoms with Gasteiger partial charge in [-0.25, -0.2) is 9.67 Å². The van der Waals surface area contributed by atoms with Crippen LogP contribution in [0.5, 0.6) is 0 Å². The molecule has 8 heteroatoms. The van der Waals surface area contributed by atoms with Crippen LogP contribution in [0.2, 0.25) is 0 Å². The summed E-state index contributed by atoms with van der Waals surface area (Å²) >= 11 is 4.93. The van der Waals surface area contributed by atoms with Crippen LogP contribution in [0, 0.1) is 6.92 Å². The minimum Gasteiger partial charge on any atom is -0.383 e. The molecule has 0 aliphatic heterocycles. The van der Waals surface area contributed by atoms with Gasteiger partial charge in [0, 0.05) is 18.2 Å². The van der Waals surface area contributed by atoms with Crippen molar-refractivity contribution in [3.63, 3.8) is 0 Å². The Balaban J connectivity index is 2.09. The van der Waals surface area contributed by atoms with Crippen molar-refractivity contribution in [3.8, 4) is 0 Å². The fraction of sp³-hybridized carbons (Fsp3) is 0.417. The zero-order chi connectivity index (χ0) is 14.5. The van der Waals surface area contributed by atoms with Crippen LogP contribution in [0.25, 0.3) is 0 Å². The molecule has 0 saturated carbocycles. The first-order valence-corrected chi connectivity index (χ1v) is 7.62. The Hall–Kier alpha value is -1.25. The predicted molar refractivity (Wildman–Crippen MR) is 82.3 cm³/mol. The number of aryl methyl sites for hydroxylation is 1. The van der Waals surface area contributed by atoms with E-state index in [4.69, 9.17) is 4.74 Å². The maximum absolute atomic E-state index is 12.1. The molecule has 0 aliphatic rings. The van der Waals surface area contributed by atoms with Crippen LogP contribution in [0.1, 0.15) is 9.88 Å². The van der Waals surface area contributed by atoms with E-state index in [-0.39, 0.29) is 5.56 Å². The molecule has 0 spiro atoms. The first-order valence-electron chi connectivity index (χ1n) is 6.01. The van der Waals surface area contributed by atoms with Gasteiger partial charge in [0.25, 0.3) is 5.56 Å². The highest BCUT2D eigenvalue weighted by Gasteiger charge is 2.09. The van der Waals surface area contributed by atoms with Crippen LogP contribution in [-0.2, 0) is 17.8 Å². The van der Waals surface area contributed by atoms with E-state index in [1.807, 2.05) is 13.1 Å². The third-order valence-corrected chi connectivity index (χ3v) is 4.27. The Bertz CT molecular complexity index is 641. The second kappa shape index (κ2) is 6.96. The van der Waals surface area contributed by atoms with Crippen molar-refractivity contribution in [3.05, 3.63) is 37.1 Å². The lowest BCUT2D eigenvalue weighted by molar-refractivity contribution is 0.181. The number of hydrogen-bond donors (Lipinski definition) is 1. The highest BCUT2D eigenvalue weighted by molar-refractivity contribution is 9.10. The summed E-state index contributed by atoms with van der Waals surface area (Å²) in [7, 11) is 1.59. The van der Waals surface area contributed by atoms with Crippen molar-refractivity contribution in [1.82, 2.24) is 14.8 Å². The summed E-state index contributed by atoms with van der Waals surface area (Å²) < 4.78 is 6.78. The number of ether oxygens (including phenoxy) is 1. The molecule has 0 saturated heterocycles. The lowest BCUT2D eigenvalue weighted by atomic mass is 10.4. The summed E-state index contributed by atoms with van der Waals surface area (Å²) in [6, 6.07) is 0. The second-order valence-electron chi connectivity index (χ2n) is 4.11. The molecule has 0 aliphatic carbocycles. The largest absolute Gasteiger partial charge is 0.383 e. The van der Waals surface area contributed by atoms with Gasteiger partial charge in [0.15, 0.2) is 0 Å². The van der Waals surface area contributed by atoms with Gasteiger partial charge in [-0.2, -0.15) is 5.10 Å². The smallest absolute Gasteiger partial charge is 0.283 e. The Morgan fingerprint density at radius 2 is 2.30 bits per heavy atom. The molecular weight excluding hydrogens is 344 g/mol. The van der Waals surface area contributed by atoms with E-state index in [1.165, 1.54) is 4.68 Å². The molecule has 1 N–H and O–H groups in total. The first-order chi connectivity index (χ1) is 9.61. The number of nitrogens with one attached hydrogen (secondary N) is 1. The molecule has 2 rings (SSSR count). The number of thiazole rings is 1. The van der Waals surface area contributed by atoms with Gasteiger partial charge in [-0.1, -0.05) is 0 Å². The van der Waals surface area contributed by atoms with Crippen LogP contribution in [0.4, 0.5) is 5.69 Å². The number of anilines is 1. The summed E-state index contributed by atoms with van der Waals surface area (Å²) in [4.78, 5) is 17.5. The standard InChI is InChI=1S/C12H15BrN4O2S/c1-8-5-15-10(20-8)7-14-9-6-16-17(3-4-19-2)12(18)11(9)13/h5-6,14H,3-4,7H2,1-2H3. The van der Waals surface area contributed by atoms with Crippen molar-refractivity contribution in [2.45, 2.75) is 20.0 Å². The highest BCUT2D eigenvalue weighted by atomic mass is 79.9. The topological polar surface area (TPSA) is 69.0 Å². The van der Waals surface area contributed by atoms with Gasteiger partial charge >= 0.3 is 0 Å². The van der Waals surface area contributed by atoms with Crippen molar-refractivity contribution >= 4 is 33.0 Å². The summed E-state index contributed by atoms with van der Waals surface area (Å²) in [6.07, 6.45) is 3.46. The molecule has 2 aromatic heterocycles. The van der Waals surface area contributed by atoms with Crippen molar-refractivity contribution < 1.29 is 4.74 Å². The number of aromatic nitrogens is 3. The number of rotatable bonds is 6. The van der Waals surface area contributed by atoms with Gasteiger partial charge < -0.3 is 10.1 Å². The van der Waals surface area contributed by atoms with E-state index in [1.54, 1.807) is 24.6 Å². The van der Waals surface area contributed by atoms with E-state index >= 15 is 0 Å². The van der Waals surface area contributed by atoms with Gasteiger partial charge in [0.05, 0.1) is 31.6 Å². The zero-order valence-corrected chi connectivity index (χ0v) is 13.6. The van der Waals surface area contributed by atoms with Gasteiger partial charge in [0.1, 0.15) is 9.48 Å². The quantitative estimate of drug-likeness (QED) is 0.855. The fourth-order valence-corrected chi connectivity index (χ4v) is 2.75. The molecule has 20 heavy (non-hydrogen) atoms. The Morgan fingerprint density at radius 3 is 2.95 bits per heavy atom. The summed E-state index contributed by atoms with van der Waals surface area (Å²) in [6.45, 7) is 3.46. The SMILES string of the molecule is COCCn1ncc(NCc2ncc(C)s2)c(Br)c1=O. The molecule has 108 valence electrons. The van der Waals surface area contributed by atoms with E-state index in [0.717, 1.165) is 9.88 Å². The Morgan fingerprint density at radius 1 is 1.50 bits per heavy atom. The van der Waals surface area contributed by atoms with Crippen LogP contribution in [0.15, 0.2) is 21.7 Å². The van der Waals surface area contributed by atoms with Gasteiger partial charge in [-0.15, -0.1) is 11.3 Å². The van der Waals surface area contributed by atoms with Crippen molar-refractivity contribution in [1.29, 1.82) is 0 Å². The number of nitrogens with zero attached hydrogens (tertiary/aromatic N) is 3. The molecule has 0 amide bonds. The molecule has 0 radical (unpaired) electrons. The maximum Gasteiger partial charge on any atom is 0.283 e. The summed E-state index contributed by atoms with van der Waals surface area (Å²) in [5, 5.41) is 8.24. The minimum absolute atomic E-state index is 0.178. The fourth-order valence-electron chi connectivity index (χ4n) is 1.58. The molecule has 2 heterocycles.